The van der Waals surface area contributed by atoms with Crippen LogP contribution in [0.25, 0.3) is 0 Å². The SMILES string of the molecule is COC(=O)c1c(NC(=O)CCSc2nc3c(cc2C#N)CCCCCC3)sc2c1CCC(c1ccccc1)C2. The van der Waals surface area contributed by atoms with Crippen molar-refractivity contribution < 1.29 is 14.3 Å². The number of carbonyl (C=O) groups is 2. The first-order valence-corrected chi connectivity index (χ1v) is 15.5. The zero-order valence-corrected chi connectivity index (χ0v) is 23.9. The maximum absolute atomic E-state index is 13.0. The van der Waals surface area contributed by atoms with Crippen LogP contribution in [0, 0.1) is 11.3 Å². The standard InChI is InChI=1S/C31H33N3O3S2/c1-37-31(36)28-24-14-13-21(20-9-6-4-7-10-20)18-26(24)39-30(28)34-27(35)15-16-38-29-23(19-32)17-22-11-5-2-3-8-12-25(22)33-29/h4,6-7,9-10,17,21H,2-3,5,8,11-16,18H2,1H3,(H,34,35). The second kappa shape index (κ2) is 12.8. The van der Waals surface area contributed by atoms with Crippen LogP contribution in [0.15, 0.2) is 41.4 Å². The topological polar surface area (TPSA) is 92.1 Å². The Labute approximate surface area is 238 Å². The Hall–Kier alpha value is -3.15. The molecular formula is C31H33N3O3S2. The molecule has 6 nitrogen and oxygen atoms in total. The van der Waals surface area contributed by atoms with E-state index in [0.29, 0.717) is 32.8 Å². The number of anilines is 1. The fourth-order valence-electron chi connectivity index (χ4n) is 5.59. The van der Waals surface area contributed by atoms with E-state index in [0.717, 1.165) is 61.1 Å². The Balaban J connectivity index is 1.26. The van der Waals surface area contributed by atoms with Crippen molar-refractivity contribution in [2.24, 2.45) is 0 Å². The van der Waals surface area contributed by atoms with Crippen molar-refractivity contribution in [3.63, 3.8) is 0 Å². The van der Waals surface area contributed by atoms with E-state index in [1.807, 2.05) is 12.1 Å². The Morgan fingerprint density at radius 1 is 1.15 bits per heavy atom. The number of hydrogen-bond acceptors (Lipinski definition) is 7. The molecule has 5 rings (SSSR count). The fraction of sp³-hybridized carbons (Fsp3) is 0.419. The van der Waals surface area contributed by atoms with Crippen molar-refractivity contribution in [2.45, 2.75) is 75.2 Å². The largest absolute Gasteiger partial charge is 0.465 e. The number of rotatable bonds is 7. The molecule has 0 saturated carbocycles. The number of nitriles is 1. The molecule has 1 N–H and O–H groups in total. The maximum atomic E-state index is 13.0. The third-order valence-corrected chi connectivity index (χ3v) is 9.80. The van der Waals surface area contributed by atoms with Gasteiger partial charge in [0.15, 0.2) is 0 Å². The quantitative estimate of drug-likeness (QED) is 0.251. The number of carbonyl (C=O) groups excluding carboxylic acids is 2. The number of hydrogen-bond donors (Lipinski definition) is 1. The van der Waals surface area contributed by atoms with Crippen LogP contribution in [0.4, 0.5) is 5.00 Å². The number of thioether (sulfide) groups is 1. The molecule has 0 aliphatic heterocycles. The summed E-state index contributed by atoms with van der Waals surface area (Å²) in [4.78, 5) is 31.7. The summed E-state index contributed by atoms with van der Waals surface area (Å²) >= 11 is 2.95. The zero-order valence-electron chi connectivity index (χ0n) is 22.3. The second-order valence-electron chi connectivity index (χ2n) is 10.2. The minimum absolute atomic E-state index is 0.157. The van der Waals surface area contributed by atoms with Gasteiger partial charge in [-0.15, -0.1) is 23.1 Å². The Morgan fingerprint density at radius 3 is 2.72 bits per heavy atom. The summed E-state index contributed by atoms with van der Waals surface area (Å²) in [5.41, 5.74) is 5.69. The first kappa shape index (κ1) is 27.4. The van der Waals surface area contributed by atoms with Crippen molar-refractivity contribution >= 4 is 40.0 Å². The summed E-state index contributed by atoms with van der Waals surface area (Å²) in [7, 11) is 1.38. The number of fused-ring (bicyclic) bond motifs is 2. The van der Waals surface area contributed by atoms with E-state index in [-0.39, 0.29) is 12.3 Å². The predicted molar refractivity (Wildman–Crippen MR) is 156 cm³/mol. The second-order valence-corrected chi connectivity index (χ2v) is 12.4. The van der Waals surface area contributed by atoms with Crippen molar-refractivity contribution in [1.82, 2.24) is 4.98 Å². The molecule has 1 aromatic carbocycles. The Bertz CT molecular complexity index is 1390. The van der Waals surface area contributed by atoms with Gasteiger partial charge in [-0.1, -0.05) is 43.2 Å². The molecule has 1 unspecified atom stereocenters. The number of esters is 1. The highest BCUT2D eigenvalue weighted by atomic mass is 32.2. The summed E-state index contributed by atoms with van der Waals surface area (Å²) in [6.07, 6.45) is 9.46. The van der Waals surface area contributed by atoms with E-state index >= 15 is 0 Å². The summed E-state index contributed by atoms with van der Waals surface area (Å²) in [6.45, 7) is 0. The Kier molecular flexibility index (Phi) is 9.00. The number of ether oxygens (including phenoxy) is 1. The number of nitrogens with zero attached hydrogens (tertiary/aromatic N) is 2. The average Bonchev–Trinajstić information content (AvgIpc) is 3.30. The normalized spacial score (nSPS) is 16.7. The smallest absolute Gasteiger partial charge is 0.341 e. The van der Waals surface area contributed by atoms with Gasteiger partial charge in [-0.25, -0.2) is 9.78 Å². The van der Waals surface area contributed by atoms with Crippen molar-refractivity contribution in [3.8, 4) is 6.07 Å². The molecule has 2 heterocycles. The zero-order chi connectivity index (χ0) is 27.2. The first-order valence-electron chi connectivity index (χ1n) is 13.7. The third-order valence-electron chi connectivity index (χ3n) is 7.63. The molecule has 8 heteroatoms. The van der Waals surface area contributed by atoms with Gasteiger partial charge in [-0.3, -0.25) is 4.79 Å². The average molecular weight is 560 g/mol. The molecule has 1 amide bonds. The lowest BCUT2D eigenvalue weighted by Crippen LogP contribution is -2.16. The number of methoxy groups -OCH3 is 1. The lowest BCUT2D eigenvalue weighted by atomic mass is 9.83. The molecule has 2 aliphatic carbocycles. The molecule has 0 spiro atoms. The van der Waals surface area contributed by atoms with Crippen LogP contribution in [-0.4, -0.2) is 29.7 Å². The summed E-state index contributed by atoms with van der Waals surface area (Å²) < 4.78 is 5.09. The first-order chi connectivity index (χ1) is 19.1. The summed E-state index contributed by atoms with van der Waals surface area (Å²) in [5.74, 6) is 0.339. The molecule has 2 aromatic heterocycles. The highest BCUT2D eigenvalue weighted by molar-refractivity contribution is 7.99. The molecule has 1 atom stereocenters. The van der Waals surface area contributed by atoms with E-state index in [9.17, 15) is 14.9 Å². The molecule has 2 aliphatic rings. The lowest BCUT2D eigenvalue weighted by Gasteiger charge is -2.22. The van der Waals surface area contributed by atoms with E-state index in [4.69, 9.17) is 9.72 Å². The van der Waals surface area contributed by atoms with E-state index in [1.165, 1.54) is 54.2 Å². The number of benzene rings is 1. The van der Waals surface area contributed by atoms with Crippen LogP contribution in [0.3, 0.4) is 0 Å². The van der Waals surface area contributed by atoms with Crippen molar-refractivity contribution in [2.75, 3.05) is 18.2 Å². The van der Waals surface area contributed by atoms with Crippen LogP contribution < -0.4 is 5.32 Å². The minimum Gasteiger partial charge on any atom is -0.465 e. The van der Waals surface area contributed by atoms with E-state index < -0.39 is 5.97 Å². The van der Waals surface area contributed by atoms with Crippen LogP contribution in [0.5, 0.6) is 0 Å². The van der Waals surface area contributed by atoms with Gasteiger partial charge in [-0.2, -0.15) is 5.26 Å². The fourth-order valence-corrected chi connectivity index (χ4v) is 7.84. The highest BCUT2D eigenvalue weighted by Crippen LogP contribution is 2.43. The number of amides is 1. The molecule has 39 heavy (non-hydrogen) atoms. The van der Waals surface area contributed by atoms with Crippen LogP contribution >= 0.6 is 23.1 Å². The molecule has 0 fully saturated rings. The molecule has 0 radical (unpaired) electrons. The molecule has 202 valence electrons. The summed E-state index contributed by atoms with van der Waals surface area (Å²) in [6, 6.07) is 14.7. The Morgan fingerprint density at radius 2 is 1.95 bits per heavy atom. The number of thiophene rings is 1. The third kappa shape index (κ3) is 6.37. The van der Waals surface area contributed by atoms with Crippen molar-refractivity contribution in [3.05, 3.63) is 74.8 Å². The molecule has 0 bridgehead atoms. The van der Waals surface area contributed by atoms with Gasteiger partial charge in [0, 0.05) is 22.7 Å². The van der Waals surface area contributed by atoms with Gasteiger partial charge in [0.05, 0.1) is 18.2 Å². The summed E-state index contributed by atoms with van der Waals surface area (Å²) in [5, 5.41) is 14.0. The van der Waals surface area contributed by atoms with Crippen LogP contribution in [0.2, 0.25) is 0 Å². The van der Waals surface area contributed by atoms with E-state index in [1.54, 1.807) is 0 Å². The lowest BCUT2D eigenvalue weighted by molar-refractivity contribution is -0.115. The number of aryl methyl sites for hydroxylation is 2. The minimum atomic E-state index is -0.404. The van der Waals surface area contributed by atoms with Gasteiger partial charge in [0.2, 0.25) is 5.91 Å². The number of nitrogens with one attached hydrogen (secondary N) is 1. The molecule has 0 saturated heterocycles. The van der Waals surface area contributed by atoms with Gasteiger partial charge >= 0.3 is 5.97 Å². The van der Waals surface area contributed by atoms with E-state index in [2.05, 4.69) is 35.7 Å². The van der Waals surface area contributed by atoms with Gasteiger partial charge in [0.25, 0.3) is 0 Å². The number of pyridine rings is 1. The number of aromatic nitrogens is 1. The predicted octanol–water partition coefficient (Wildman–Crippen LogP) is 6.85. The van der Waals surface area contributed by atoms with Crippen molar-refractivity contribution in [1.29, 1.82) is 5.26 Å². The van der Waals surface area contributed by atoms with Gasteiger partial charge in [-0.05, 0) is 73.6 Å². The van der Waals surface area contributed by atoms with Crippen LogP contribution in [0.1, 0.15) is 87.6 Å². The van der Waals surface area contributed by atoms with Gasteiger partial charge in [0.1, 0.15) is 16.1 Å². The monoisotopic (exact) mass is 559 g/mol. The molecular weight excluding hydrogens is 526 g/mol. The van der Waals surface area contributed by atoms with Crippen LogP contribution in [-0.2, 0) is 35.2 Å². The maximum Gasteiger partial charge on any atom is 0.341 e. The highest BCUT2D eigenvalue weighted by Gasteiger charge is 2.30. The van der Waals surface area contributed by atoms with Gasteiger partial charge < -0.3 is 10.1 Å². The molecule has 3 aromatic rings.